The van der Waals surface area contributed by atoms with Crippen molar-refractivity contribution in [3.05, 3.63) is 18.2 Å². The Morgan fingerprint density at radius 2 is 2.00 bits per heavy atom. The molecule has 19 heavy (non-hydrogen) atoms. The molecule has 1 N–H and O–H groups in total. The molecule has 8 heteroatoms. The lowest BCUT2D eigenvalue weighted by Crippen LogP contribution is -2.13. The number of hydrogen-bond donors (Lipinski definition) is 1. The van der Waals surface area contributed by atoms with E-state index in [4.69, 9.17) is 15.4 Å². The Kier molecular flexibility index (Phi) is 5.44. The average Bonchev–Trinajstić information content (AvgIpc) is 2.30. The number of ether oxygens (including phenoxy) is 2. The van der Waals surface area contributed by atoms with Crippen LogP contribution in [0.5, 0.6) is 5.75 Å². The van der Waals surface area contributed by atoms with Crippen LogP contribution in [0.2, 0.25) is 0 Å². The molecule has 1 aromatic rings. The minimum atomic E-state index is -3.97. The summed E-state index contributed by atoms with van der Waals surface area (Å²) in [7, 11) is 1.35. The molecule has 1 rings (SSSR count). The molecule has 0 saturated carbocycles. The van der Waals surface area contributed by atoms with Crippen LogP contribution in [0.15, 0.2) is 23.1 Å². The molecule has 0 bridgehead atoms. The van der Waals surface area contributed by atoms with E-state index in [0.29, 0.717) is 6.61 Å². The van der Waals surface area contributed by atoms with Gasteiger partial charge in [-0.2, -0.15) is 0 Å². The van der Waals surface area contributed by atoms with Gasteiger partial charge in [-0.3, -0.25) is 5.32 Å². The number of amides is 1. The predicted octanol–water partition coefficient (Wildman–Crippen LogP) is 2.58. The fourth-order valence-electron chi connectivity index (χ4n) is 1.34. The van der Waals surface area contributed by atoms with Crippen molar-refractivity contribution < 1.29 is 22.7 Å². The van der Waals surface area contributed by atoms with E-state index in [2.05, 4.69) is 10.1 Å². The maximum Gasteiger partial charge on any atom is 0.411 e. The van der Waals surface area contributed by atoms with Gasteiger partial charge in [-0.05, 0) is 32.0 Å². The van der Waals surface area contributed by atoms with Crippen LogP contribution in [0.3, 0.4) is 0 Å². The summed E-state index contributed by atoms with van der Waals surface area (Å²) in [6.07, 6.45) is -0.676. The van der Waals surface area contributed by atoms with Gasteiger partial charge in [0.2, 0.25) is 0 Å². The molecular weight excluding hydrogens is 294 g/mol. The molecule has 6 nitrogen and oxygen atoms in total. The molecule has 0 unspecified atom stereocenters. The Morgan fingerprint density at radius 1 is 1.32 bits per heavy atom. The zero-order chi connectivity index (χ0) is 14.5. The van der Waals surface area contributed by atoms with Gasteiger partial charge < -0.3 is 9.47 Å². The number of benzene rings is 1. The second-order valence-corrected chi connectivity index (χ2v) is 5.91. The summed E-state index contributed by atoms with van der Waals surface area (Å²) in [5.74, 6) is 0.131. The largest absolute Gasteiger partial charge is 0.492 e. The highest BCUT2D eigenvalue weighted by Gasteiger charge is 2.18. The molecule has 0 aliphatic rings. The summed E-state index contributed by atoms with van der Waals surface area (Å²) >= 11 is 0. The topological polar surface area (TPSA) is 81.7 Å². The van der Waals surface area contributed by atoms with Crippen LogP contribution in [-0.2, 0) is 13.8 Å². The Labute approximate surface area is 116 Å². The molecule has 0 spiro atoms. The molecular formula is C11H14ClNO5S. The molecule has 106 valence electrons. The Balaban J connectivity index is 3.08. The number of nitrogens with one attached hydrogen (secondary N) is 1. The van der Waals surface area contributed by atoms with Crippen LogP contribution in [0.4, 0.5) is 10.5 Å². The van der Waals surface area contributed by atoms with Gasteiger partial charge in [0.25, 0.3) is 9.05 Å². The van der Waals surface area contributed by atoms with E-state index < -0.39 is 15.1 Å². The summed E-state index contributed by atoms with van der Waals surface area (Å²) in [6, 6.07) is 4.12. The van der Waals surface area contributed by atoms with E-state index in [9.17, 15) is 13.2 Å². The first-order chi connectivity index (χ1) is 8.88. The van der Waals surface area contributed by atoms with E-state index in [1.54, 1.807) is 13.8 Å². The second kappa shape index (κ2) is 6.63. The van der Waals surface area contributed by atoms with E-state index in [1.165, 1.54) is 18.2 Å². The van der Waals surface area contributed by atoms with Crippen molar-refractivity contribution >= 4 is 31.5 Å². The SMILES string of the molecule is CCOC(=O)Nc1ccc(OCC)c(S(=O)(=O)Cl)c1. The van der Waals surface area contributed by atoms with Gasteiger partial charge in [0.05, 0.1) is 13.2 Å². The molecule has 0 atom stereocenters. The van der Waals surface area contributed by atoms with Gasteiger partial charge >= 0.3 is 6.09 Å². The maximum atomic E-state index is 11.4. The zero-order valence-electron chi connectivity index (χ0n) is 10.5. The van der Waals surface area contributed by atoms with Gasteiger partial charge in [0.1, 0.15) is 10.6 Å². The van der Waals surface area contributed by atoms with Crippen LogP contribution in [0.1, 0.15) is 13.8 Å². The van der Waals surface area contributed by atoms with Crippen molar-refractivity contribution in [1.29, 1.82) is 0 Å². The van der Waals surface area contributed by atoms with E-state index in [1.807, 2.05) is 0 Å². The Morgan fingerprint density at radius 3 is 2.53 bits per heavy atom. The van der Waals surface area contributed by atoms with E-state index in [-0.39, 0.29) is 22.9 Å². The molecule has 1 aromatic carbocycles. The summed E-state index contributed by atoms with van der Waals surface area (Å²) in [6.45, 7) is 3.88. The normalized spacial score (nSPS) is 10.9. The first-order valence-electron chi connectivity index (χ1n) is 5.53. The van der Waals surface area contributed by atoms with E-state index >= 15 is 0 Å². The highest BCUT2D eigenvalue weighted by Crippen LogP contribution is 2.30. The minimum absolute atomic E-state index is 0.131. The molecule has 0 aliphatic heterocycles. The van der Waals surface area contributed by atoms with Crippen molar-refractivity contribution in [3.8, 4) is 5.75 Å². The second-order valence-electron chi connectivity index (χ2n) is 3.38. The number of carbonyl (C=O) groups excluding carboxylic acids is 1. The fraction of sp³-hybridized carbons (Fsp3) is 0.364. The smallest absolute Gasteiger partial charge is 0.411 e. The van der Waals surface area contributed by atoms with Gasteiger partial charge in [0.15, 0.2) is 0 Å². The standard InChI is InChI=1S/C11H14ClNO5S/c1-3-17-9-6-5-8(13-11(14)18-4-2)7-10(9)19(12,15)16/h5-7H,3-4H2,1-2H3,(H,13,14). The van der Waals surface area contributed by atoms with Crippen LogP contribution in [0.25, 0.3) is 0 Å². The lowest BCUT2D eigenvalue weighted by atomic mass is 10.3. The Bertz CT molecular complexity index is 558. The van der Waals surface area contributed by atoms with Gasteiger partial charge in [0, 0.05) is 16.4 Å². The average molecular weight is 308 g/mol. The molecule has 0 heterocycles. The van der Waals surface area contributed by atoms with Crippen molar-refractivity contribution in [3.63, 3.8) is 0 Å². The van der Waals surface area contributed by atoms with Crippen LogP contribution >= 0.6 is 10.7 Å². The molecule has 0 saturated heterocycles. The fourth-order valence-corrected chi connectivity index (χ4v) is 2.33. The van der Waals surface area contributed by atoms with Gasteiger partial charge in [-0.1, -0.05) is 0 Å². The third kappa shape index (κ3) is 4.60. The van der Waals surface area contributed by atoms with Crippen LogP contribution in [0, 0.1) is 0 Å². The van der Waals surface area contributed by atoms with Crippen molar-refractivity contribution in [1.82, 2.24) is 0 Å². The lowest BCUT2D eigenvalue weighted by Gasteiger charge is -2.10. The lowest BCUT2D eigenvalue weighted by molar-refractivity contribution is 0.168. The predicted molar refractivity (Wildman–Crippen MR) is 71.3 cm³/mol. The first kappa shape index (κ1) is 15.6. The summed E-state index contributed by atoms with van der Waals surface area (Å²) in [5, 5.41) is 2.38. The molecule has 1 amide bonds. The van der Waals surface area contributed by atoms with Crippen molar-refractivity contribution in [2.75, 3.05) is 18.5 Å². The van der Waals surface area contributed by atoms with Crippen LogP contribution < -0.4 is 10.1 Å². The third-order valence-electron chi connectivity index (χ3n) is 2.03. The van der Waals surface area contributed by atoms with E-state index in [0.717, 1.165) is 0 Å². The number of halogens is 1. The quantitative estimate of drug-likeness (QED) is 0.845. The maximum absolute atomic E-state index is 11.4. The molecule has 0 fully saturated rings. The molecule has 0 aromatic heterocycles. The number of carbonyl (C=O) groups is 1. The van der Waals surface area contributed by atoms with Crippen molar-refractivity contribution in [2.45, 2.75) is 18.7 Å². The highest BCUT2D eigenvalue weighted by molar-refractivity contribution is 8.13. The van der Waals surface area contributed by atoms with Gasteiger partial charge in [-0.15, -0.1) is 0 Å². The first-order valence-corrected chi connectivity index (χ1v) is 7.84. The number of hydrogen-bond acceptors (Lipinski definition) is 5. The summed E-state index contributed by atoms with van der Waals surface area (Å²) < 4.78 is 32.7. The summed E-state index contributed by atoms with van der Waals surface area (Å²) in [5.41, 5.74) is 0.251. The highest BCUT2D eigenvalue weighted by atomic mass is 35.7. The van der Waals surface area contributed by atoms with Gasteiger partial charge in [-0.25, -0.2) is 13.2 Å². The number of anilines is 1. The van der Waals surface area contributed by atoms with Crippen LogP contribution in [-0.4, -0.2) is 27.7 Å². The third-order valence-corrected chi connectivity index (χ3v) is 3.37. The number of rotatable bonds is 5. The monoisotopic (exact) mass is 307 g/mol. The Hall–Kier alpha value is -1.47. The van der Waals surface area contributed by atoms with Crippen molar-refractivity contribution in [2.24, 2.45) is 0 Å². The zero-order valence-corrected chi connectivity index (χ0v) is 12.0. The summed E-state index contributed by atoms with van der Waals surface area (Å²) in [4.78, 5) is 11.0. The minimum Gasteiger partial charge on any atom is -0.492 e. The molecule has 0 aliphatic carbocycles. The molecule has 0 radical (unpaired) electrons.